The molecule has 1 atom stereocenters. The molecule has 6 heteroatoms. The van der Waals surface area contributed by atoms with E-state index in [0.29, 0.717) is 6.61 Å². The maximum atomic E-state index is 12.5. The summed E-state index contributed by atoms with van der Waals surface area (Å²) in [6.07, 6.45) is 1.95. The minimum atomic E-state index is -0.426. The molecule has 6 nitrogen and oxygen atoms in total. The molecule has 126 valence electrons. The fourth-order valence-electron chi connectivity index (χ4n) is 3.01. The zero-order valence-electron chi connectivity index (χ0n) is 13.8. The molecule has 0 aliphatic carbocycles. The number of nitrogens with two attached hydrogens (primary N) is 1. The Kier molecular flexibility index (Phi) is 5.98. The molecule has 1 aliphatic rings. The molecule has 0 aromatic heterocycles. The van der Waals surface area contributed by atoms with Gasteiger partial charge in [-0.2, -0.15) is 0 Å². The smallest absolute Gasteiger partial charge is 0.237 e. The van der Waals surface area contributed by atoms with Gasteiger partial charge in [-0.25, -0.2) is 0 Å². The highest BCUT2D eigenvalue weighted by molar-refractivity contribution is 5.81. The van der Waals surface area contributed by atoms with E-state index < -0.39 is 5.91 Å². The lowest BCUT2D eigenvalue weighted by molar-refractivity contribution is -0.133. The second-order valence-corrected chi connectivity index (χ2v) is 5.89. The highest BCUT2D eigenvalue weighted by Gasteiger charge is 2.30. The van der Waals surface area contributed by atoms with Crippen LogP contribution in [0.1, 0.15) is 31.4 Å². The number of rotatable bonds is 7. The van der Waals surface area contributed by atoms with Crippen LogP contribution in [0.3, 0.4) is 0 Å². The lowest BCUT2D eigenvalue weighted by atomic mass is 10.0. The summed E-state index contributed by atoms with van der Waals surface area (Å²) in [7, 11) is 1.73. The van der Waals surface area contributed by atoms with Crippen molar-refractivity contribution in [3.8, 4) is 5.75 Å². The van der Waals surface area contributed by atoms with E-state index in [1.807, 2.05) is 36.1 Å². The highest BCUT2D eigenvalue weighted by atomic mass is 16.5. The molecule has 1 aromatic rings. The number of likely N-dealkylation sites (tertiary alicyclic amines) is 1. The second-order valence-electron chi connectivity index (χ2n) is 5.89. The number of carbonyl (C=O) groups excluding carboxylic acids is 2. The van der Waals surface area contributed by atoms with Gasteiger partial charge in [-0.3, -0.25) is 14.5 Å². The average molecular weight is 319 g/mol. The highest BCUT2D eigenvalue weighted by Crippen LogP contribution is 2.32. The van der Waals surface area contributed by atoms with Gasteiger partial charge in [0, 0.05) is 6.54 Å². The quantitative estimate of drug-likeness (QED) is 0.818. The maximum absolute atomic E-state index is 12.5. The van der Waals surface area contributed by atoms with E-state index in [0.717, 1.165) is 30.7 Å². The summed E-state index contributed by atoms with van der Waals surface area (Å²) >= 11 is 0. The molecule has 2 amide bonds. The largest absolute Gasteiger partial charge is 0.494 e. The molecule has 0 saturated carbocycles. The topological polar surface area (TPSA) is 75.9 Å². The van der Waals surface area contributed by atoms with Crippen LogP contribution in [0, 0.1) is 0 Å². The number of ether oxygens (including phenoxy) is 1. The summed E-state index contributed by atoms with van der Waals surface area (Å²) in [6.45, 7) is 3.64. The lowest BCUT2D eigenvalue weighted by Gasteiger charge is -2.27. The molecule has 1 saturated heterocycles. The van der Waals surface area contributed by atoms with Gasteiger partial charge in [0.2, 0.25) is 11.8 Å². The molecule has 0 bridgehead atoms. The van der Waals surface area contributed by atoms with Crippen molar-refractivity contribution in [1.82, 2.24) is 9.80 Å². The fourth-order valence-corrected chi connectivity index (χ4v) is 3.01. The first kappa shape index (κ1) is 17.3. The van der Waals surface area contributed by atoms with E-state index in [9.17, 15) is 9.59 Å². The standard InChI is InChI=1S/C17H25N3O3/c1-3-23-14-8-6-13(7-9-14)15-5-4-10-20(15)17(22)12-19(2)11-16(18)21/h6-9,15H,3-5,10-12H2,1-2H3,(H2,18,21)/t15-/m0/s1. The first-order valence-corrected chi connectivity index (χ1v) is 8.00. The Morgan fingerprint density at radius 3 is 2.61 bits per heavy atom. The Morgan fingerprint density at radius 2 is 2.00 bits per heavy atom. The van der Waals surface area contributed by atoms with Gasteiger partial charge in [-0.15, -0.1) is 0 Å². The minimum Gasteiger partial charge on any atom is -0.494 e. The predicted octanol–water partition coefficient (Wildman–Crippen LogP) is 1.17. The van der Waals surface area contributed by atoms with Gasteiger partial charge in [0.25, 0.3) is 0 Å². The van der Waals surface area contributed by atoms with Gasteiger partial charge in [0.05, 0.1) is 25.7 Å². The number of benzene rings is 1. The summed E-state index contributed by atoms with van der Waals surface area (Å²) in [5.41, 5.74) is 6.28. The lowest BCUT2D eigenvalue weighted by Crippen LogP contribution is -2.41. The maximum Gasteiger partial charge on any atom is 0.237 e. The number of hydrogen-bond donors (Lipinski definition) is 1. The van der Waals surface area contributed by atoms with Gasteiger partial charge in [0.15, 0.2) is 0 Å². The summed E-state index contributed by atoms with van der Waals surface area (Å²) < 4.78 is 5.46. The predicted molar refractivity (Wildman–Crippen MR) is 88.0 cm³/mol. The SMILES string of the molecule is CCOc1ccc([C@@H]2CCCN2C(=O)CN(C)CC(N)=O)cc1. The van der Waals surface area contributed by atoms with Crippen LogP contribution in [-0.2, 0) is 9.59 Å². The van der Waals surface area contributed by atoms with Crippen molar-refractivity contribution in [3.63, 3.8) is 0 Å². The van der Waals surface area contributed by atoms with Crippen molar-refractivity contribution in [3.05, 3.63) is 29.8 Å². The van der Waals surface area contributed by atoms with E-state index in [1.54, 1.807) is 11.9 Å². The van der Waals surface area contributed by atoms with Crippen LogP contribution in [0.15, 0.2) is 24.3 Å². The minimum absolute atomic E-state index is 0.0325. The Balaban J connectivity index is 2.01. The average Bonchev–Trinajstić information content (AvgIpc) is 2.97. The normalized spacial score (nSPS) is 17.5. The van der Waals surface area contributed by atoms with Gasteiger partial charge < -0.3 is 15.4 Å². The van der Waals surface area contributed by atoms with Crippen LogP contribution < -0.4 is 10.5 Å². The van der Waals surface area contributed by atoms with Crippen LogP contribution in [0.4, 0.5) is 0 Å². The van der Waals surface area contributed by atoms with Crippen molar-refractivity contribution in [1.29, 1.82) is 0 Å². The first-order valence-electron chi connectivity index (χ1n) is 8.00. The number of hydrogen-bond acceptors (Lipinski definition) is 4. The summed E-state index contributed by atoms with van der Waals surface area (Å²) in [5.74, 6) is 0.447. The van der Waals surface area contributed by atoms with Crippen molar-refractivity contribution < 1.29 is 14.3 Å². The zero-order chi connectivity index (χ0) is 16.8. The fraction of sp³-hybridized carbons (Fsp3) is 0.529. The van der Waals surface area contributed by atoms with Crippen molar-refractivity contribution in [2.24, 2.45) is 5.73 Å². The van der Waals surface area contributed by atoms with E-state index in [2.05, 4.69) is 0 Å². The van der Waals surface area contributed by atoms with Gasteiger partial charge in [0.1, 0.15) is 5.75 Å². The van der Waals surface area contributed by atoms with Crippen LogP contribution in [0.5, 0.6) is 5.75 Å². The molecule has 23 heavy (non-hydrogen) atoms. The third-order valence-corrected chi connectivity index (χ3v) is 3.98. The monoisotopic (exact) mass is 319 g/mol. The van der Waals surface area contributed by atoms with Gasteiger partial charge in [-0.1, -0.05) is 12.1 Å². The Bertz CT molecular complexity index is 545. The number of nitrogens with zero attached hydrogens (tertiary/aromatic N) is 2. The number of amides is 2. The van der Waals surface area contributed by atoms with E-state index in [-0.39, 0.29) is 25.0 Å². The number of primary amides is 1. The zero-order valence-corrected chi connectivity index (χ0v) is 13.8. The molecule has 1 heterocycles. The molecule has 1 aromatic carbocycles. The Hall–Kier alpha value is -2.08. The summed E-state index contributed by atoms with van der Waals surface area (Å²) in [5, 5.41) is 0. The van der Waals surface area contributed by atoms with E-state index in [4.69, 9.17) is 10.5 Å². The Morgan fingerprint density at radius 1 is 1.30 bits per heavy atom. The molecule has 2 rings (SSSR count). The molecule has 1 fully saturated rings. The number of carbonyl (C=O) groups is 2. The number of likely N-dealkylation sites (N-methyl/N-ethyl adjacent to an activating group) is 1. The van der Waals surface area contributed by atoms with Gasteiger partial charge >= 0.3 is 0 Å². The van der Waals surface area contributed by atoms with Crippen molar-refractivity contribution in [2.75, 3.05) is 33.3 Å². The molecule has 0 radical (unpaired) electrons. The molecule has 1 aliphatic heterocycles. The van der Waals surface area contributed by atoms with Crippen LogP contribution in [0.2, 0.25) is 0 Å². The molecule has 2 N–H and O–H groups in total. The molecular weight excluding hydrogens is 294 g/mol. The summed E-state index contributed by atoms with van der Waals surface area (Å²) in [4.78, 5) is 27.0. The van der Waals surface area contributed by atoms with Crippen LogP contribution in [0.25, 0.3) is 0 Å². The van der Waals surface area contributed by atoms with E-state index in [1.165, 1.54) is 0 Å². The third kappa shape index (κ3) is 4.69. The molecule has 0 spiro atoms. The second kappa shape index (κ2) is 7.97. The van der Waals surface area contributed by atoms with Crippen molar-refractivity contribution in [2.45, 2.75) is 25.8 Å². The first-order chi connectivity index (χ1) is 11.0. The van der Waals surface area contributed by atoms with Crippen LogP contribution in [-0.4, -0.2) is 54.9 Å². The molecule has 0 unspecified atom stereocenters. The Labute approximate surface area is 137 Å². The third-order valence-electron chi connectivity index (χ3n) is 3.98. The van der Waals surface area contributed by atoms with Crippen LogP contribution >= 0.6 is 0 Å². The van der Waals surface area contributed by atoms with Crippen molar-refractivity contribution >= 4 is 11.8 Å². The van der Waals surface area contributed by atoms with E-state index >= 15 is 0 Å². The molecular formula is C17H25N3O3. The summed E-state index contributed by atoms with van der Waals surface area (Å²) in [6, 6.07) is 8.03. The van der Waals surface area contributed by atoms with Gasteiger partial charge in [-0.05, 0) is 44.5 Å².